The number of amides is 2. The molecule has 1 fully saturated rings. The van der Waals surface area contributed by atoms with E-state index in [1.165, 1.54) is 0 Å². The molecule has 21 heavy (non-hydrogen) atoms. The lowest BCUT2D eigenvalue weighted by Crippen LogP contribution is -2.30. The minimum Gasteiger partial charge on any atom is -0.392 e. The summed E-state index contributed by atoms with van der Waals surface area (Å²) in [5.41, 5.74) is 1.92. The van der Waals surface area contributed by atoms with Crippen molar-refractivity contribution in [1.82, 2.24) is 10.6 Å². The molecule has 5 heteroatoms. The van der Waals surface area contributed by atoms with Gasteiger partial charge in [0.1, 0.15) is 0 Å². The van der Waals surface area contributed by atoms with Gasteiger partial charge in [-0.3, -0.25) is 0 Å². The third kappa shape index (κ3) is 5.36. The van der Waals surface area contributed by atoms with Gasteiger partial charge < -0.3 is 21.1 Å². The molecular formula is C16H25N3O2. The summed E-state index contributed by atoms with van der Waals surface area (Å²) >= 11 is 0. The van der Waals surface area contributed by atoms with Crippen LogP contribution < -0.4 is 16.0 Å². The van der Waals surface area contributed by atoms with Crippen LogP contribution in [0.3, 0.4) is 0 Å². The van der Waals surface area contributed by atoms with E-state index in [1.54, 1.807) is 0 Å². The van der Waals surface area contributed by atoms with E-state index >= 15 is 0 Å². The zero-order valence-electron chi connectivity index (χ0n) is 12.7. The number of hydrogen-bond acceptors (Lipinski definition) is 3. The zero-order chi connectivity index (χ0) is 15.2. The second-order valence-electron chi connectivity index (χ2n) is 5.69. The fraction of sp³-hybridized carbons (Fsp3) is 0.562. The van der Waals surface area contributed by atoms with E-state index in [1.807, 2.05) is 31.2 Å². The summed E-state index contributed by atoms with van der Waals surface area (Å²) in [5, 5.41) is 18.6. The molecule has 0 bridgehead atoms. The first kappa shape index (κ1) is 15.8. The molecule has 1 aliphatic rings. The van der Waals surface area contributed by atoms with Gasteiger partial charge in [-0.1, -0.05) is 19.1 Å². The number of carbonyl (C=O) groups excluding carboxylic acids is 1. The van der Waals surface area contributed by atoms with Gasteiger partial charge in [-0.15, -0.1) is 0 Å². The molecule has 1 saturated carbocycles. The number of urea groups is 1. The molecular weight excluding hydrogens is 266 g/mol. The molecule has 2 rings (SSSR count). The van der Waals surface area contributed by atoms with Gasteiger partial charge in [-0.25, -0.2) is 4.79 Å². The van der Waals surface area contributed by atoms with Crippen LogP contribution >= 0.6 is 0 Å². The Morgan fingerprint density at radius 1 is 1.33 bits per heavy atom. The summed E-state index contributed by atoms with van der Waals surface area (Å²) < 4.78 is 0. The van der Waals surface area contributed by atoms with E-state index in [2.05, 4.69) is 22.9 Å². The average Bonchev–Trinajstić information content (AvgIpc) is 3.28. The maximum Gasteiger partial charge on any atom is 0.319 e. The lowest BCUT2D eigenvalue weighted by molar-refractivity contribution is 0.164. The molecule has 0 radical (unpaired) electrons. The van der Waals surface area contributed by atoms with Crippen LogP contribution in [0, 0.1) is 0 Å². The van der Waals surface area contributed by atoms with Gasteiger partial charge in [0.25, 0.3) is 0 Å². The minimum atomic E-state index is -0.306. The summed E-state index contributed by atoms with van der Waals surface area (Å²) in [7, 11) is 0. The van der Waals surface area contributed by atoms with Gasteiger partial charge in [0.2, 0.25) is 0 Å². The van der Waals surface area contributed by atoms with Crippen molar-refractivity contribution < 1.29 is 9.90 Å². The Kier molecular flexibility index (Phi) is 5.59. The molecule has 0 heterocycles. The molecule has 0 aromatic heterocycles. The average molecular weight is 291 g/mol. The molecule has 1 aromatic carbocycles. The molecule has 1 aromatic rings. The van der Waals surface area contributed by atoms with E-state index in [0.29, 0.717) is 12.6 Å². The van der Waals surface area contributed by atoms with E-state index in [4.69, 9.17) is 0 Å². The Balaban J connectivity index is 1.81. The van der Waals surface area contributed by atoms with Crippen LogP contribution in [-0.2, 0) is 0 Å². The lowest BCUT2D eigenvalue weighted by atomic mass is 10.1. The number of nitrogens with one attached hydrogen (secondary N) is 3. The van der Waals surface area contributed by atoms with Crippen LogP contribution in [0.25, 0.3) is 0 Å². The Hall–Kier alpha value is -1.59. The normalized spacial score (nSPS) is 17.1. The first-order valence-corrected chi connectivity index (χ1v) is 7.67. The van der Waals surface area contributed by atoms with E-state index in [0.717, 1.165) is 30.5 Å². The predicted octanol–water partition coefficient (Wildman–Crippen LogP) is 2.39. The van der Waals surface area contributed by atoms with Gasteiger partial charge in [-0.2, -0.15) is 0 Å². The number of carbonyl (C=O) groups is 1. The van der Waals surface area contributed by atoms with Crippen LogP contribution in [0.15, 0.2) is 24.3 Å². The zero-order valence-corrected chi connectivity index (χ0v) is 12.7. The predicted molar refractivity (Wildman–Crippen MR) is 84.3 cm³/mol. The van der Waals surface area contributed by atoms with Crippen molar-refractivity contribution in [3.63, 3.8) is 0 Å². The first-order valence-electron chi connectivity index (χ1n) is 7.67. The van der Waals surface area contributed by atoms with Crippen molar-refractivity contribution in [3.05, 3.63) is 29.8 Å². The summed E-state index contributed by atoms with van der Waals surface area (Å²) in [6, 6.07) is 8.17. The molecule has 0 saturated heterocycles. The fourth-order valence-electron chi connectivity index (χ4n) is 2.01. The molecule has 5 nitrogen and oxygen atoms in total. The number of aliphatic hydroxyl groups is 1. The minimum absolute atomic E-state index is 0.137. The molecule has 4 N–H and O–H groups in total. The molecule has 2 amide bonds. The molecule has 1 aliphatic carbocycles. The SMILES string of the molecule is CC[C@@H](O)CNC(C)c1ccc(NC(=O)NC2CC2)cc1. The quantitative estimate of drug-likeness (QED) is 0.623. The van der Waals surface area contributed by atoms with Gasteiger partial charge in [0, 0.05) is 24.3 Å². The smallest absolute Gasteiger partial charge is 0.319 e. The molecule has 0 spiro atoms. The largest absolute Gasteiger partial charge is 0.392 e. The second kappa shape index (κ2) is 7.43. The van der Waals surface area contributed by atoms with Crippen molar-refractivity contribution in [3.8, 4) is 0 Å². The highest BCUT2D eigenvalue weighted by Gasteiger charge is 2.23. The van der Waals surface area contributed by atoms with Crippen LogP contribution in [0.2, 0.25) is 0 Å². The standard InChI is InChI=1S/C16H25N3O2/c1-3-15(20)10-17-11(2)12-4-6-13(7-5-12)18-16(21)19-14-8-9-14/h4-7,11,14-15,17,20H,3,8-10H2,1-2H3,(H2,18,19,21)/t11?,15-/m1/s1. The summed E-state index contributed by atoms with van der Waals surface area (Å²) in [4.78, 5) is 11.6. The van der Waals surface area contributed by atoms with Crippen LogP contribution in [0.4, 0.5) is 10.5 Å². The van der Waals surface area contributed by atoms with Gasteiger partial charge >= 0.3 is 6.03 Å². The van der Waals surface area contributed by atoms with E-state index < -0.39 is 0 Å². The molecule has 1 unspecified atom stereocenters. The van der Waals surface area contributed by atoms with Crippen molar-refractivity contribution in [2.75, 3.05) is 11.9 Å². The molecule has 116 valence electrons. The van der Waals surface area contributed by atoms with Crippen LogP contribution in [0.1, 0.15) is 44.7 Å². The number of anilines is 1. The van der Waals surface area contributed by atoms with Crippen molar-refractivity contribution in [1.29, 1.82) is 0 Å². The Morgan fingerprint density at radius 2 is 2.00 bits per heavy atom. The maximum atomic E-state index is 11.6. The summed E-state index contributed by atoms with van der Waals surface area (Å²) in [5.74, 6) is 0. The van der Waals surface area contributed by atoms with E-state index in [9.17, 15) is 9.90 Å². The fourth-order valence-corrected chi connectivity index (χ4v) is 2.01. The maximum absolute atomic E-state index is 11.6. The Labute approximate surface area is 126 Å². The third-order valence-electron chi connectivity index (χ3n) is 3.71. The first-order chi connectivity index (χ1) is 10.1. The van der Waals surface area contributed by atoms with Crippen molar-refractivity contribution in [2.45, 2.75) is 51.3 Å². The Morgan fingerprint density at radius 3 is 2.57 bits per heavy atom. The third-order valence-corrected chi connectivity index (χ3v) is 3.71. The van der Waals surface area contributed by atoms with Crippen molar-refractivity contribution >= 4 is 11.7 Å². The number of rotatable bonds is 7. The topological polar surface area (TPSA) is 73.4 Å². The Bertz CT molecular complexity index is 457. The summed E-state index contributed by atoms with van der Waals surface area (Å²) in [6.07, 6.45) is 2.61. The van der Waals surface area contributed by atoms with Crippen molar-refractivity contribution in [2.24, 2.45) is 0 Å². The van der Waals surface area contributed by atoms with Crippen LogP contribution in [-0.4, -0.2) is 29.8 Å². The highest BCUT2D eigenvalue weighted by molar-refractivity contribution is 5.89. The van der Waals surface area contributed by atoms with Gasteiger partial charge in [0.15, 0.2) is 0 Å². The van der Waals surface area contributed by atoms with Crippen LogP contribution in [0.5, 0.6) is 0 Å². The number of benzene rings is 1. The van der Waals surface area contributed by atoms with E-state index in [-0.39, 0.29) is 18.2 Å². The second-order valence-corrected chi connectivity index (χ2v) is 5.69. The highest BCUT2D eigenvalue weighted by Crippen LogP contribution is 2.19. The summed E-state index contributed by atoms with van der Waals surface area (Å²) in [6.45, 7) is 4.61. The number of aliphatic hydroxyl groups excluding tert-OH is 1. The molecule has 0 aliphatic heterocycles. The van der Waals surface area contributed by atoms with Gasteiger partial charge in [-0.05, 0) is 43.9 Å². The molecule has 2 atom stereocenters. The number of hydrogen-bond donors (Lipinski definition) is 4. The highest BCUT2D eigenvalue weighted by atomic mass is 16.3. The van der Waals surface area contributed by atoms with Gasteiger partial charge in [0.05, 0.1) is 6.10 Å². The monoisotopic (exact) mass is 291 g/mol. The lowest BCUT2D eigenvalue weighted by Gasteiger charge is -2.17.